The number of aliphatic hydroxyl groups excluding tert-OH is 1. The topological polar surface area (TPSA) is 76.1 Å². The highest BCUT2D eigenvalue weighted by Gasteiger charge is 2.45. The van der Waals surface area contributed by atoms with E-state index in [2.05, 4.69) is 0 Å². The van der Waals surface area contributed by atoms with E-state index in [1.807, 2.05) is 0 Å². The fourth-order valence-corrected chi connectivity index (χ4v) is 3.20. The van der Waals surface area contributed by atoms with Crippen LogP contribution in [0.2, 0.25) is 0 Å². The Hall–Kier alpha value is -3.19. The van der Waals surface area contributed by atoms with Gasteiger partial charge < -0.3 is 19.5 Å². The maximum atomic E-state index is 13.4. The molecule has 0 aliphatic carbocycles. The number of nitrogens with zero attached hydrogens (tertiary/aromatic N) is 1. The summed E-state index contributed by atoms with van der Waals surface area (Å²) in [6.45, 7) is 0.371. The highest BCUT2D eigenvalue weighted by Crippen LogP contribution is 2.39. The fourth-order valence-electron chi connectivity index (χ4n) is 3.20. The number of benzene rings is 2. The summed E-state index contributed by atoms with van der Waals surface area (Å²) in [5, 5.41) is 10.8. The first-order valence-corrected chi connectivity index (χ1v) is 8.65. The molecule has 0 unspecified atom stereocenters. The molecule has 7 heteroatoms. The number of rotatable bonds is 6. The van der Waals surface area contributed by atoms with E-state index >= 15 is 0 Å². The molecular weight excluding hydrogens is 365 g/mol. The quantitative estimate of drug-likeness (QED) is 0.470. The van der Waals surface area contributed by atoms with Crippen molar-refractivity contribution >= 4 is 17.4 Å². The van der Waals surface area contributed by atoms with Gasteiger partial charge in [-0.2, -0.15) is 0 Å². The summed E-state index contributed by atoms with van der Waals surface area (Å²) in [5.74, 6) is -1.67. The third kappa shape index (κ3) is 3.61. The number of ketones is 1. The van der Waals surface area contributed by atoms with Gasteiger partial charge in [0.1, 0.15) is 17.3 Å². The van der Waals surface area contributed by atoms with Gasteiger partial charge in [0.2, 0.25) is 0 Å². The average molecular weight is 385 g/mol. The van der Waals surface area contributed by atoms with E-state index in [9.17, 15) is 19.1 Å². The van der Waals surface area contributed by atoms with Crippen LogP contribution in [0.1, 0.15) is 17.2 Å². The van der Waals surface area contributed by atoms with Crippen LogP contribution in [0.3, 0.4) is 0 Å². The fraction of sp³-hybridized carbons (Fsp3) is 0.238. The number of carbonyl (C=O) groups excluding carboxylic acids is 2. The molecule has 28 heavy (non-hydrogen) atoms. The number of methoxy groups -OCH3 is 2. The van der Waals surface area contributed by atoms with Gasteiger partial charge in [0.25, 0.3) is 11.7 Å². The third-order valence-corrected chi connectivity index (χ3v) is 4.63. The van der Waals surface area contributed by atoms with Crippen LogP contribution in [0, 0.1) is 5.82 Å². The molecule has 6 nitrogen and oxygen atoms in total. The van der Waals surface area contributed by atoms with Gasteiger partial charge in [-0.25, -0.2) is 4.39 Å². The summed E-state index contributed by atoms with van der Waals surface area (Å²) in [7, 11) is 3.01. The number of aliphatic hydroxyl groups is 1. The van der Waals surface area contributed by atoms with Crippen LogP contribution < -0.4 is 4.74 Å². The van der Waals surface area contributed by atoms with Gasteiger partial charge in [-0.15, -0.1) is 0 Å². The minimum atomic E-state index is -0.835. The van der Waals surface area contributed by atoms with E-state index in [4.69, 9.17) is 9.47 Å². The number of amides is 1. The third-order valence-electron chi connectivity index (χ3n) is 4.63. The Morgan fingerprint density at radius 2 is 1.71 bits per heavy atom. The van der Waals surface area contributed by atoms with Crippen molar-refractivity contribution in [3.05, 3.63) is 71.0 Å². The van der Waals surface area contributed by atoms with Crippen molar-refractivity contribution in [1.29, 1.82) is 0 Å². The van der Waals surface area contributed by atoms with E-state index in [0.29, 0.717) is 16.9 Å². The molecule has 1 saturated heterocycles. The first-order chi connectivity index (χ1) is 13.5. The lowest BCUT2D eigenvalue weighted by molar-refractivity contribution is -0.140. The molecule has 3 rings (SSSR count). The summed E-state index contributed by atoms with van der Waals surface area (Å²) in [6.07, 6.45) is 0. The number of carbonyl (C=O) groups is 2. The second-order valence-corrected chi connectivity index (χ2v) is 6.27. The lowest BCUT2D eigenvalue weighted by Crippen LogP contribution is -2.32. The summed E-state index contributed by atoms with van der Waals surface area (Å²) < 4.78 is 23.5. The van der Waals surface area contributed by atoms with Crippen LogP contribution in [0.15, 0.2) is 54.1 Å². The molecule has 0 bridgehead atoms. The summed E-state index contributed by atoms with van der Waals surface area (Å²) >= 11 is 0. The van der Waals surface area contributed by atoms with E-state index in [-0.39, 0.29) is 24.5 Å². The number of ether oxygens (including phenoxy) is 2. The number of hydrogen-bond acceptors (Lipinski definition) is 5. The van der Waals surface area contributed by atoms with Crippen molar-refractivity contribution in [2.75, 3.05) is 27.4 Å². The molecule has 1 aliphatic heterocycles. The van der Waals surface area contributed by atoms with Crippen molar-refractivity contribution in [3.63, 3.8) is 0 Å². The predicted molar refractivity (Wildman–Crippen MR) is 100 cm³/mol. The Balaban J connectivity index is 2.12. The van der Waals surface area contributed by atoms with Crippen LogP contribution in [0.25, 0.3) is 5.76 Å². The van der Waals surface area contributed by atoms with Gasteiger partial charge in [0.05, 0.1) is 25.3 Å². The van der Waals surface area contributed by atoms with Crippen molar-refractivity contribution in [3.8, 4) is 5.75 Å². The molecule has 146 valence electrons. The zero-order valence-corrected chi connectivity index (χ0v) is 15.5. The van der Waals surface area contributed by atoms with Crippen LogP contribution in [-0.2, 0) is 14.3 Å². The average Bonchev–Trinajstić information content (AvgIpc) is 2.97. The summed E-state index contributed by atoms with van der Waals surface area (Å²) in [4.78, 5) is 26.6. The molecule has 2 aromatic carbocycles. The number of Topliss-reactive ketones (excluding diaryl/α,β-unsaturated/α-hetero) is 1. The highest BCUT2D eigenvalue weighted by atomic mass is 19.1. The normalized spacial score (nSPS) is 18.5. The molecule has 0 spiro atoms. The lowest BCUT2D eigenvalue weighted by Gasteiger charge is -2.25. The van der Waals surface area contributed by atoms with Gasteiger partial charge in [-0.3, -0.25) is 9.59 Å². The van der Waals surface area contributed by atoms with Crippen LogP contribution in [0.4, 0.5) is 4.39 Å². The molecule has 1 amide bonds. The minimum Gasteiger partial charge on any atom is -0.507 e. The number of hydrogen-bond donors (Lipinski definition) is 1. The van der Waals surface area contributed by atoms with Crippen LogP contribution >= 0.6 is 0 Å². The first kappa shape index (κ1) is 19.6. The maximum absolute atomic E-state index is 13.4. The molecule has 2 aromatic rings. The van der Waals surface area contributed by atoms with Gasteiger partial charge in [-0.05, 0) is 42.0 Å². The second-order valence-electron chi connectivity index (χ2n) is 6.27. The molecular formula is C21H20FNO5. The van der Waals surface area contributed by atoms with Gasteiger partial charge in [-0.1, -0.05) is 12.1 Å². The SMILES string of the molecule is COCCN1C(=O)C(=O)C(=C(O)c2ccc(OC)cc2)[C@H]1c1ccc(F)cc1. The molecule has 1 heterocycles. The van der Waals surface area contributed by atoms with Crippen molar-refractivity contribution in [2.24, 2.45) is 0 Å². The standard InChI is InChI=1S/C21H20FNO5/c1-27-12-11-23-18(13-3-7-15(22)8-4-13)17(20(25)21(23)26)19(24)14-5-9-16(28-2)10-6-14/h3-10,18,24H,11-12H2,1-2H3/t18-/m1/s1. The van der Waals surface area contributed by atoms with Crippen molar-refractivity contribution in [2.45, 2.75) is 6.04 Å². The maximum Gasteiger partial charge on any atom is 0.295 e. The van der Waals surface area contributed by atoms with E-state index in [1.54, 1.807) is 24.3 Å². The van der Waals surface area contributed by atoms with Crippen molar-refractivity contribution in [1.82, 2.24) is 4.90 Å². The van der Waals surface area contributed by atoms with Gasteiger partial charge >= 0.3 is 0 Å². The first-order valence-electron chi connectivity index (χ1n) is 8.65. The van der Waals surface area contributed by atoms with E-state index in [0.717, 1.165) is 0 Å². The largest absolute Gasteiger partial charge is 0.507 e. The monoisotopic (exact) mass is 385 g/mol. The molecule has 0 aromatic heterocycles. The Bertz CT molecular complexity index is 905. The van der Waals surface area contributed by atoms with Crippen molar-refractivity contribution < 1.29 is 28.6 Å². The number of halogens is 1. The minimum absolute atomic E-state index is 0.0436. The Kier molecular flexibility index (Phi) is 5.75. The molecule has 1 N–H and O–H groups in total. The Morgan fingerprint density at radius 3 is 2.29 bits per heavy atom. The van der Waals surface area contributed by atoms with Crippen LogP contribution in [0.5, 0.6) is 5.75 Å². The molecule has 1 aliphatic rings. The van der Waals surface area contributed by atoms with Gasteiger partial charge in [0, 0.05) is 19.2 Å². The predicted octanol–water partition coefficient (Wildman–Crippen LogP) is 2.90. The zero-order valence-electron chi connectivity index (χ0n) is 15.5. The molecule has 0 saturated carbocycles. The van der Waals surface area contributed by atoms with E-state index in [1.165, 1.54) is 43.4 Å². The molecule has 1 fully saturated rings. The molecule has 0 radical (unpaired) electrons. The smallest absolute Gasteiger partial charge is 0.295 e. The van der Waals surface area contributed by atoms with Gasteiger partial charge in [0.15, 0.2) is 0 Å². The highest BCUT2D eigenvalue weighted by molar-refractivity contribution is 6.46. The zero-order chi connectivity index (χ0) is 20.3. The van der Waals surface area contributed by atoms with E-state index < -0.39 is 23.5 Å². The Morgan fingerprint density at radius 1 is 1.07 bits per heavy atom. The second kappa shape index (κ2) is 8.22. The molecule has 1 atom stereocenters. The summed E-state index contributed by atoms with van der Waals surface area (Å²) in [6, 6.07) is 11.1. The summed E-state index contributed by atoms with van der Waals surface area (Å²) in [5.41, 5.74) is 0.849. The van der Waals surface area contributed by atoms with Crippen LogP contribution in [-0.4, -0.2) is 49.1 Å². The lowest BCUT2D eigenvalue weighted by atomic mass is 9.95. The Labute approximate surface area is 161 Å². The number of likely N-dealkylation sites (tertiary alicyclic amines) is 1.